The molecule has 0 aliphatic rings. The Morgan fingerprint density at radius 2 is 1.93 bits per heavy atom. The molecule has 2 unspecified atom stereocenters. The molecule has 2 atom stereocenters. The quantitative estimate of drug-likeness (QED) is 0.350. The lowest BCUT2D eigenvalue weighted by Gasteiger charge is -2.13. The van der Waals surface area contributed by atoms with Crippen molar-refractivity contribution in [3.63, 3.8) is 0 Å². The largest absolute Gasteiger partial charge is 0.479 e. The van der Waals surface area contributed by atoms with Gasteiger partial charge in [-0.2, -0.15) is 0 Å². The summed E-state index contributed by atoms with van der Waals surface area (Å²) in [6.45, 7) is 0.937. The highest BCUT2D eigenvalue weighted by Crippen LogP contribution is 1.84. The average Bonchev–Trinajstić information content (AvgIpc) is 2.12. The predicted molar refractivity (Wildman–Crippen MR) is 48.8 cm³/mol. The summed E-state index contributed by atoms with van der Waals surface area (Å²) >= 11 is 0. The molecule has 0 fully saturated rings. The molecule has 0 bridgehead atoms. The zero-order valence-electron chi connectivity index (χ0n) is 8.06. The van der Waals surface area contributed by atoms with Gasteiger partial charge in [0.25, 0.3) is 0 Å². The maximum Gasteiger partial charge on any atom is 0.334 e. The van der Waals surface area contributed by atoms with Crippen LogP contribution in [-0.2, 0) is 9.59 Å². The van der Waals surface area contributed by atoms with E-state index in [0.29, 0.717) is 0 Å². The molecule has 0 heterocycles. The van der Waals surface area contributed by atoms with Crippen molar-refractivity contribution in [1.29, 1.82) is 0 Å². The summed E-state index contributed by atoms with van der Waals surface area (Å²) < 4.78 is 0. The topological polar surface area (TPSA) is 142 Å². The van der Waals surface area contributed by atoms with Crippen molar-refractivity contribution in [1.82, 2.24) is 10.6 Å². The van der Waals surface area contributed by atoms with E-state index in [4.69, 9.17) is 15.9 Å². The van der Waals surface area contributed by atoms with E-state index in [9.17, 15) is 14.4 Å². The van der Waals surface area contributed by atoms with Gasteiger partial charge in [0.15, 0.2) is 6.10 Å². The van der Waals surface area contributed by atoms with Crippen molar-refractivity contribution in [3.8, 4) is 0 Å². The molecule has 0 aliphatic heterocycles. The van der Waals surface area contributed by atoms with E-state index in [0.717, 1.165) is 0 Å². The van der Waals surface area contributed by atoms with Gasteiger partial charge < -0.3 is 26.6 Å². The Labute approximate surface area is 85.4 Å². The smallest absolute Gasteiger partial charge is 0.334 e. The van der Waals surface area contributed by atoms with Gasteiger partial charge in [-0.1, -0.05) is 0 Å². The number of carbonyl (C=O) groups excluding carboxylic acids is 2. The Kier molecular flexibility index (Phi) is 5.10. The molecule has 8 nitrogen and oxygen atoms in total. The van der Waals surface area contributed by atoms with Gasteiger partial charge in [0.2, 0.25) is 5.91 Å². The fraction of sp³-hybridized carbons (Fsp3) is 0.571. The first kappa shape index (κ1) is 13.2. The highest BCUT2D eigenvalue weighted by atomic mass is 16.4. The lowest BCUT2D eigenvalue weighted by molar-refractivity contribution is -0.146. The second-order valence-electron chi connectivity index (χ2n) is 2.83. The van der Waals surface area contributed by atoms with Crippen LogP contribution in [0.5, 0.6) is 0 Å². The van der Waals surface area contributed by atoms with Gasteiger partial charge in [-0.05, 0) is 6.92 Å². The molecule has 0 aromatic heterocycles. The molecule has 0 saturated heterocycles. The van der Waals surface area contributed by atoms with Gasteiger partial charge in [-0.3, -0.25) is 4.79 Å². The molecule has 6 N–H and O–H groups in total. The Hall–Kier alpha value is -1.83. The van der Waals surface area contributed by atoms with Crippen LogP contribution in [0.25, 0.3) is 0 Å². The standard InChI is InChI=1S/C7H13N3O5/c1-3(10-7(8)15)5(12)9-2-4(11)6(13)14/h3-4,11H,2H2,1H3,(H,9,12)(H,13,14)(H3,8,10,15). The molecule has 0 saturated carbocycles. The number of amides is 3. The molecule has 0 aromatic carbocycles. The van der Waals surface area contributed by atoms with E-state index in [-0.39, 0.29) is 0 Å². The van der Waals surface area contributed by atoms with Crippen LogP contribution in [0.2, 0.25) is 0 Å². The van der Waals surface area contributed by atoms with E-state index in [1.807, 2.05) is 0 Å². The molecule has 0 rings (SSSR count). The third-order valence-electron chi connectivity index (χ3n) is 1.51. The van der Waals surface area contributed by atoms with Crippen molar-refractivity contribution in [2.75, 3.05) is 6.54 Å². The average molecular weight is 219 g/mol. The fourth-order valence-electron chi connectivity index (χ4n) is 0.717. The first-order valence-electron chi connectivity index (χ1n) is 4.09. The van der Waals surface area contributed by atoms with E-state index in [1.54, 1.807) is 0 Å². The van der Waals surface area contributed by atoms with Crippen LogP contribution in [0.15, 0.2) is 0 Å². The summed E-state index contributed by atoms with van der Waals surface area (Å²) in [5.41, 5.74) is 4.76. The van der Waals surface area contributed by atoms with Crippen LogP contribution in [0, 0.1) is 0 Å². The number of hydrogen-bond acceptors (Lipinski definition) is 4. The van der Waals surface area contributed by atoms with Gasteiger partial charge >= 0.3 is 12.0 Å². The van der Waals surface area contributed by atoms with E-state index >= 15 is 0 Å². The predicted octanol–water partition coefficient (Wildman–Crippen LogP) is -2.40. The fourth-order valence-corrected chi connectivity index (χ4v) is 0.717. The van der Waals surface area contributed by atoms with Gasteiger partial charge in [0.05, 0.1) is 6.54 Å². The molecule has 3 amide bonds. The number of primary amides is 1. The molecular weight excluding hydrogens is 206 g/mol. The minimum Gasteiger partial charge on any atom is -0.479 e. The number of aliphatic hydroxyl groups excluding tert-OH is 1. The summed E-state index contributed by atoms with van der Waals surface area (Å²) in [5.74, 6) is -2.07. The number of carboxylic acids is 1. The van der Waals surface area contributed by atoms with Crippen molar-refractivity contribution < 1.29 is 24.6 Å². The lowest BCUT2D eigenvalue weighted by atomic mass is 10.3. The number of carboxylic acid groups (broad SMARTS) is 1. The zero-order valence-corrected chi connectivity index (χ0v) is 8.06. The summed E-state index contributed by atoms with van der Waals surface area (Å²) in [6, 6.07) is -1.75. The maximum atomic E-state index is 11.1. The van der Waals surface area contributed by atoms with Crippen LogP contribution < -0.4 is 16.4 Å². The van der Waals surface area contributed by atoms with Gasteiger partial charge in [-0.15, -0.1) is 0 Å². The molecule has 86 valence electrons. The van der Waals surface area contributed by atoms with Crippen LogP contribution >= 0.6 is 0 Å². The molecule has 8 heteroatoms. The van der Waals surface area contributed by atoms with Crippen molar-refractivity contribution in [3.05, 3.63) is 0 Å². The molecule has 0 radical (unpaired) electrons. The van der Waals surface area contributed by atoms with Crippen molar-refractivity contribution in [2.24, 2.45) is 5.73 Å². The molecular formula is C7H13N3O5. The molecule has 0 aromatic rings. The molecule has 0 spiro atoms. The third kappa shape index (κ3) is 5.47. The normalized spacial score (nSPS) is 13.7. The summed E-state index contributed by atoms with van der Waals surface area (Å²) in [4.78, 5) is 31.6. The van der Waals surface area contributed by atoms with Crippen LogP contribution in [-0.4, -0.2) is 46.8 Å². The highest BCUT2D eigenvalue weighted by molar-refractivity contribution is 5.86. The maximum absolute atomic E-state index is 11.1. The SMILES string of the molecule is CC(NC(N)=O)C(=O)NCC(O)C(=O)O. The number of aliphatic carboxylic acids is 1. The second-order valence-corrected chi connectivity index (χ2v) is 2.83. The minimum absolute atomic E-state index is 0.432. The zero-order chi connectivity index (χ0) is 12.0. The number of rotatable bonds is 5. The molecule has 0 aliphatic carbocycles. The monoisotopic (exact) mass is 219 g/mol. The summed E-state index contributed by atoms with van der Waals surface area (Å²) in [6.07, 6.45) is -1.67. The van der Waals surface area contributed by atoms with Crippen LogP contribution in [0.4, 0.5) is 4.79 Å². The van der Waals surface area contributed by atoms with Gasteiger partial charge in [0.1, 0.15) is 6.04 Å². The van der Waals surface area contributed by atoms with Crippen LogP contribution in [0.3, 0.4) is 0 Å². The third-order valence-corrected chi connectivity index (χ3v) is 1.51. The van der Waals surface area contributed by atoms with Crippen molar-refractivity contribution in [2.45, 2.75) is 19.1 Å². The Balaban J connectivity index is 3.93. The van der Waals surface area contributed by atoms with E-state index in [2.05, 4.69) is 10.6 Å². The van der Waals surface area contributed by atoms with Gasteiger partial charge in [0, 0.05) is 0 Å². The number of hydrogen-bond donors (Lipinski definition) is 5. The number of urea groups is 1. The van der Waals surface area contributed by atoms with E-state index in [1.165, 1.54) is 6.92 Å². The van der Waals surface area contributed by atoms with Gasteiger partial charge in [-0.25, -0.2) is 9.59 Å². The number of nitrogens with one attached hydrogen (secondary N) is 2. The number of carbonyl (C=O) groups is 3. The Morgan fingerprint density at radius 3 is 2.33 bits per heavy atom. The first-order valence-corrected chi connectivity index (χ1v) is 4.09. The number of nitrogens with two attached hydrogens (primary N) is 1. The summed E-state index contributed by atoms with van der Waals surface area (Å²) in [5, 5.41) is 21.3. The summed E-state index contributed by atoms with van der Waals surface area (Å²) in [7, 11) is 0. The first-order chi connectivity index (χ1) is 6.84. The second kappa shape index (κ2) is 5.81. The van der Waals surface area contributed by atoms with Crippen LogP contribution in [0.1, 0.15) is 6.92 Å². The highest BCUT2D eigenvalue weighted by Gasteiger charge is 2.17. The van der Waals surface area contributed by atoms with E-state index < -0.39 is 36.6 Å². The minimum atomic E-state index is -1.67. The molecule has 15 heavy (non-hydrogen) atoms. The lowest BCUT2D eigenvalue weighted by Crippen LogP contribution is -2.48. The van der Waals surface area contributed by atoms with Crippen molar-refractivity contribution >= 4 is 17.9 Å². The Bertz CT molecular complexity index is 267. The Morgan fingerprint density at radius 1 is 1.40 bits per heavy atom. The number of aliphatic hydroxyl groups is 1.